The lowest BCUT2D eigenvalue weighted by Gasteiger charge is -1.85. The molecular weight excluding hydrogens is 138 g/mol. The van der Waals surface area contributed by atoms with Crippen molar-refractivity contribution in [3.63, 3.8) is 0 Å². The summed E-state index contributed by atoms with van der Waals surface area (Å²) in [5, 5.41) is 0. The molecule has 9 heavy (non-hydrogen) atoms. The number of hydrogen-bond acceptors (Lipinski definition) is 2. The van der Waals surface area contributed by atoms with Crippen LogP contribution in [0.2, 0.25) is 0 Å². The predicted molar refractivity (Wildman–Crippen MR) is 39.9 cm³/mol. The zero-order valence-corrected chi connectivity index (χ0v) is 7.25. The van der Waals surface area contributed by atoms with Crippen LogP contribution in [0.15, 0.2) is 0 Å². The van der Waals surface area contributed by atoms with Crippen molar-refractivity contribution in [3.8, 4) is 0 Å². The summed E-state index contributed by atoms with van der Waals surface area (Å²) in [4.78, 5) is 0. The normalized spacial score (nSPS) is 9.78. The van der Waals surface area contributed by atoms with E-state index in [0.717, 1.165) is 6.26 Å². The highest BCUT2D eigenvalue weighted by Crippen LogP contribution is 1.62. The van der Waals surface area contributed by atoms with E-state index in [2.05, 4.69) is 18.6 Å². The van der Waals surface area contributed by atoms with E-state index in [1.165, 1.54) is 13.5 Å². The van der Waals surface area contributed by atoms with Crippen LogP contribution in [0, 0.1) is 0 Å². The quantitative estimate of drug-likeness (QED) is 0.599. The van der Waals surface area contributed by atoms with Crippen molar-refractivity contribution in [1.82, 2.24) is 4.72 Å². The molecule has 0 aliphatic rings. The molecule has 3 nitrogen and oxygen atoms in total. The highest BCUT2D eigenvalue weighted by molar-refractivity contribution is 7.88. The van der Waals surface area contributed by atoms with Gasteiger partial charge in [-0.25, -0.2) is 13.1 Å². The summed E-state index contributed by atoms with van der Waals surface area (Å²) in [5.74, 6) is 0. The van der Waals surface area contributed by atoms with E-state index in [1.54, 1.807) is 0 Å². The molecule has 0 fully saturated rings. The smallest absolute Gasteiger partial charge is 0.208 e. The number of hydrogen-bond donors (Lipinski definition) is 1. The topological polar surface area (TPSA) is 46.2 Å². The van der Waals surface area contributed by atoms with E-state index in [-0.39, 0.29) is 0 Å². The van der Waals surface area contributed by atoms with E-state index >= 15 is 0 Å². The van der Waals surface area contributed by atoms with Crippen LogP contribution < -0.4 is 4.72 Å². The van der Waals surface area contributed by atoms with Crippen molar-refractivity contribution in [2.24, 2.45) is 0 Å². The molecule has 0 radical (unpaired) electrons. The molecule has 1 N–H and O–H groups in total. The third-order valence-electron chi connectivity index (χ3n) is 0.371. The summed E-state index contributed by atoms with van der Waals surface area (Å²) in [6.45, 7) is 4.25. The Kier molecular flexibility index (Phi) is 7.83. The minimum absolute atomic E-state index is 1.10. The maximum Gasteiger partial charge on any atom is 0.208 e. The van der Waals surface area contributed by atoms with Crippen LogP contribution in [-0.2, 0) is 10.0 Å². The zero-order chi connectivity index (χ0) is 7.91. The molecule has 58 valence electrons. The van der Waals surface area contributed by atoms with Gasteiger partial charge in [0, 0.05) is 0 Å². The molecular formula is C5H15NO2S. The molecule has 0 atom stereocenters. The molecule has 0 bridgehead atoms. The maximum absolute atomic E-state index is 9.89. The van der Waals surface area contributed by atoms with Gasteiger partial charge in [-0.3, -0.25) is 0 Å². The summed E-state index contributed by atoms with van der Waals surface area (Å²) in [6, 6.07) is 0. The zero-order valence-electron chi connectivity index (χ0n) is 6.43. The SMILES string of the molecule is CCC.CNS(C)(=O)=O. The van der Waals surface area contributed by atoms with Gasteiger partial charge in [0.15, 0.2) is 0 Å². The first-order valence-electron chi connectivity index (χ1n) is 2.86. The first-order chi connectivity index (χ1) is 3.97. The Morgan fingerprint density at radius 2 is 1.44 bits per heavy atom. The second kappa shape index (κ2) is 6.04. The van der Waals surface area contributed by atoms with Crippen LogP contribution in [0.25, 0.3) is 0 Å². The second-order valence-corrected chi connectivity index (χ2v) is 3.64. The molecule has 0 heterocycles. The van der Waals surface area contributed by atoms with Gasteiger partial charge >= 0.3 is 0 Å². The first-order valence-corrected chi connectivity index (χ1v) is 4.75. The second-order valence-electron chi connectivity index (χ2n) is 1.68. The Hall–Kier alpha value is -0.0900. The van der Waals surface area contributed by atoms with Gasteiger partial charge in [0.05, 0.1) is 6.26 Å². The maximum atomic E-state index is 9.89. The predicted octanol–water partition coefficient (Wildman–Crippen LogP) is 0.582. The Morgan fingerprint density at radius 3 is 1.44 bits per heavy atom. The van der Waals surface area contributed by atoms with Crippen molar-refractivity contribution in [1.29, 1.82) is 0 Å². The van der Waals surface area contributed by atoms with Crippen molar-refractivity contribution in [2.45, 2.75) is 20.3 Å². The van der Waals surface area contributed by atoms with Crippen molar-refractivity contribution in [3.05, 3.63) is 0 Å². The molecule has 0 amide bonds. The van der Waals surface area contributed by atoms with E-state index in [0.29, 0.717) is 0 Å². The standard InChI is InChI=1S/C3H8.C2H7NO2S/c1-3-2;1-3-6(2,4)5/h3H2,1-2H3;3H,1-2H3. The first kappa shape index (κ1) is 11.7. The van der Waals surface area contributed by atoms with Crippen LogP contribution in [0.3, 0.4) is 0 Å². The van der Waals surface area contributed by atoms with Gasteiger partial charge in [0.2, 0.25) is 10.0 Å². The van der Waals surface area contributed by atoms with Crippen LogP contribution in [-0.4, -0.2) is 21.7 Å². The van der Waals surface area contributed by atoms with Crippen molar-refractivity contribution < 1.29 is 8.42 Å². The third kappa shape index (κ3) is 32.6. The van der Waals surface area contributed by atoms with Crippen LogP contribution in [0.5, 0.6) is 0 Å². The Labute approximate surface area is 57.5 Å². The van der Waals surface area contributed by atoms with Gasteiger partial charge in [-0.1, -0.05) is 20.3 Å². The fraction of sp³-hybridized carbons (Fsp3) is 1.00. The molecule has 0 saturated heterocycles. The van der Waals surface area contributed by atoms with Crippen molar-refractivity contribution in [2.75, 3.05) is 13.3 Å². The molecule has 0 aliphatic carbocycles. The monoisotopic (exact) mass is 153 g/mol. The molecule has 0 rings (SSSR count). The fourth-order valence-corrected chi connectivity index (χ4v) is 0. The summed E-state index contributed by atoms with van der Waals surface area (Å²) < 4.78 is 21.9. The minimum Gasteiger partial charge on any atom is -0.219 e. The number of rotatable bonds is 1. The van der Waals surface area contributed by atoms with E-state index in [9.17, 15) is 8.42 Å². The van der Waals surface area contributed by atoms with Gasteiger partial charge in [-0.05, 0) is 7.05 Å². The fourth-order valence-electron chi connectivity index (χ4n) is 0. The molecule has 0 saturated carbocycles. The molecule has 0 aromatic heterocycles. The van der Waals surface area contributed by atoms with Gasteiger partial charge in [0.1, 0.15) is 0 Å². The minimum atomic E-state index is -2.91. The van der Waals surface area contributed by atoms with E-state index in [1.807, 2.05) is 0 Å². The van der Waals surface area contributed by atoms with Crippen LogP contribution in [0.4, 0.5) is 0 Å². The Balaban J connectivity index is 0. The molecule has 0 aliphatic heterocycles. The van der Waals surface area contributed by atoms with E-state index < -0.39 is 10.0 Å². The van der Waals surface area contributed by atoms with Gasteiger partial charge in [-0.2, -0.15) is 0 Å². The van der Waals surface area contributed by atoms with Gasteiger partial charge < -0.3 is 0 Å². The molecule has 4 heteroatoms. The summed E-state index contributed by atoms with van der Waals surface area (Å²) in [5.41, 5.74) is 0. The third-order valence-corrected chi connectivity index (χ3v) is 1.11. The number of nitrogens with one attached hydrogen (secondary N) is 1. The Morgan fingerprint density at radius 1 is 1.33 bits per heavy atom. The molecule has 0 unspecified atom stereocenters. The highest BCUT2D eigenvalue weighted by Gasteiger charge is 1.88. The van der Waals surface area contributed by atoms with E-state index in [4.69, 9.17) is 0 Å². The van der Waals surface area contributed by atoms with Gasteiger partial charge in [-0.15, -0.1) is 0 Å². The van der Waals surface area contributed by atoms with Crippen LogP contribution >= 0.6 is 0 Å². The lowest BCUT2D eigenvalue weighted by Crippen LogP contribution is -2.15. The average molecular weight is 153 g/mol. The molecule has 0 aromatic rings. The largest absolute Gasteiger partial charge is 0.219 e. The molecule has 0 spiro atoms. The average Bonchev–Trinajstić information content (AvgIpc) is 1.67. The van der Waals surface area contributed by atoms with Crippen molar-refractivity contribution >= 4 is 10.0 Å². The molecule has 0 aromatic carbocycles. The summed E-state index contributed by atoms with van der Waals surface area (Å²) in [7, 11) is -1.54. The summed E-state index contributed by atoms with van der Waals surface area (Å²) in [6.07, 6.45) is 2.35. The van der Waals surface area contributed by atoms with Gasteiger partial charge in [0.25, 0.3) is 0 Å². The lowest BCUT2D eigenvalue weighted by atomic mass is 10.6. The summed E-state index contributed by atoms with van der Waals surface area (Å²) >= 11 is 0. The van der Waals surface area contributed by atoms with Crippen LogP contribution in [0.1, 0.15) is 20.3 Å². The highest BCUT2D eigenvalue weighted by atomic mass is 32.2. The number of sulfonamides is 1. The Bertz CT molecular complexity index is 128. The lowest BCUT2D eigenvalue weighted by molar-refractivity contribution is 0.594.